The first-order valence-corrected chi connectivity index (χ1v) is 9.95. The van der Waals surface area contributed by atoms with E-state index < -0.39 is 11.9 Å². The van der Waals surface area contributed by atoms with Gasteiger partial charge < -0.3 is 15.5 Å². The third-order valence-corrected chi connectivity index (χ3v) is 5.61. The molecule has 0 bridgehead atoms. The monoisotopic (exact) mass is 380 g/mol. The zero-order chi connectivity index (χ0) is 18.9. The van der Waals surface area contributed by atoms with Gasteiger partial charge in [-0.1, -0.05) is 0 Å². The molecule has 1 saturated heterocycles. The highest BCUT2D eigenvalue weighted by atomic mass is 32.1. The molecule has 0 atom stereocenters. The van der Waals surface area contributed by atoms with Crippen LogP contribution >= 0.6 is 11.3 Å². The molecule has 1 aliphatic heterocycles. The van der Waals surface area contributed by atoms with Gasteiger partial charge in [0.15, 0.2) is 0 Å². The lowest BCUT2D eigenvalue weighted by atomic mass is 10.0. The first kappa shape index (κ1) is 20.6. The van der Waals surface area contributed by atoms with Gasteiger partial charge in [0.25, 0.3) is 0 Å². The lowest BCUT2D eigenvalue weighted by Crippen LogP contribution is -2.43. The Bertz CT molecular complexity index is 603. The average Bonchev–Trinajstić information content (AvgIpc) is 3.35. The van der Waals surface area contributed by atoms with Crippen molar-refractivity contribution in [3.05, 3.63) is 34.0 Å². The first-order chi connectivity index (χ1) is 12.5. The van der Waals surface area contributed by atoms with Crippen molar-refractivity contribution in [1.82, 2.24) is 10.2 Å². The van der Waals surface area contributed by atoms with Gasteiger partial charge in [-0.2, -0.15) is 0 Å². The van der Waals surface area contributed by atoms with Crippen LogP contribution in [0.25, 0.3) is 0 Å². The van der Waals surface area contributed by atoms with Gasteiger partial charge in [-0.25, -0.2) is 9.59 Å². The Morgan fingerprint density at radius 3 is 2.27 bits per heavy atom. The minimum atomic E-state index is -1.26. The maximum atomic E-state index is 9.55. The smallest absolute Gasteiger partial charge is 0.328 e. The number of hydrogen-bond acceptors (Lipinski definition) is 5. The van der Waals surface area contributed by atoms with Crippen molar-refractivity contribution < 1.29 is 19.8 Å². The Hall–Kier alpha value is -1.70. The van der Waals surface area contributed by atoms with Gasteiger partial charge in [0, 0.05) is 36.2 Å². The molecule has 1 aliphatic carbocycles. The Morgan fingerprint density at radius 1 is 1.19 bits per heavy atom. The number of rotatable bonds is 7. The Kier molecular flexibility index (Phi) is 8.28. The second-order valence-electron chi connectivity index (χ2n) is 6.87. The molecule has 7 heteroatoms. The molecule has 3 rings (SSSR count). The molecular weight excluding hydrogens is 352 g/mol. The summed E-state index contributed by atoms with van der Waals surface area (Å²) in [5, 5.41) is 21.3. The summed E-state index contributed by atoms with van der Waals surface area (Å²) in [4.78, 5) is 23.4. The minimum absolute atomic E-state index is 0.558. The van der Waals surface area contributed by atoms with E-state index in [2.05, 4.69) is 28.6 Å². The van der Waals surface area contributed by atoms with Crippen molar-refractivity contribution in [2.75, 3.05) is 19.6 Å². The number of aliphatic carboxylic acids is 2. The van der Waals surface area contributed by atoms with E-state index in [9.17, 15) is 9.59 Å². The lowest BCUT2D eigenvalue weighted by Gasteiger charge is -2.34. The number of nitrogens with zero attached hydrogens (tertiary/aromatic N) is 1. The maximum Gasteiger partial charge on any atom is 0.328 e. The van der Waals surface area contributed by atoms with E-state index in [1.165, 1.54) is 56.7 Å². The standard InChI is InChI=1S/C15H24N2S.C4H4O4/c1-12-14(6-9-18-12)11-17(10-13-2-3-13)15-4-7-16-8-5-15;5-3(6)1-2-4(7)8/h6,9,13,15-16H,2-5,7-8,10-11H2,1H3;1-2H,(H,5,6)(H,7,8). The number of carbonyl (C=O) groups is 2. The maximum absolute atomic E-state index is 9.55. The van der Waals surface area contributed by atoms with E-state index in [0.29, 0.717) is 12.2 Å². The summed E-state index contributed by atoms with van der Waals surface area (Å²) >= 11 is 1.89. The summed E-state index contributed by atoms with van der Waals surface area (Å²) in [6.07, 6.45) is 6.70. The fraction of sp³-hybridized carbons (Fsp3) is 0.579. The van der Waals surface area contributed by atoms with Gasteiger partial charge in [0.1, 0.15) is 0 Å². The van der Waals surface area contributed by atoms with Crippen LogP contribution < -0.4 is 5.32 Å². The van der Waals surface area contributed by atoms with Crippen molar-refractivity contribution in [1.29, 1.82) is 0 Å². The summed E-state index contributed by atoms with van der Waals surface area (Å²) in [7, 11) is 0. The molecule has 2 fully saturated rings. The Balaban J connectivity index is 0.000000260. The second kappa shape index (κ2) is 10.4. The molecule has 0 amide bonds. The number of piperidine rings is 1. The lowest BCUT2D eigenvalue weighted by molar-refractivity contribution is -0.134. The van der Waals surface area contributed by atoms with Crippen LogP contribution in [-0.4, -0.2) is 52.7 Å². The van der Waals surface area contributed by atoms with Crippen molar-refractivity contribution in [3.63, 3.8) is 0 Å². The fourth-order valence-electron chi connectivity index (χ4n) is 3.08. The third kappa shape index (κ3) is 7.68. The number of aryl methyl sites for hydroxylation is 1. The summed E-state index contributed by atoms with van der Waals surface area (Å²) < 4.78 is 0. The minimum Gasteiger partial charge on any atom is -0.478 e. The molecule has 1 aromatic heterocycles. The summed E-state index contributed by atoms with van der Waals surface area (Å²) in [5.74, 6) is -1.52. The van der Waals surface area contributed by atoms with Gasteiger partial charge in [-0.15, -0.1) is 11.3 Å². The SMILES string of the molecule is Cc1sccc1CN(CC1CC1)C1CCNCC1.O=C(O)C=CC(=O)O. The predicted molar refractivity (Wildman–Crippen MR) is 102 cm³/mol. The number of nitrogens with one attached hydrogen (secondary N) is 1. The van der Waals surface area contributed by atoms with Gasteiger partial charge in [-0.05, 0) is 68.6 Å². The summed E-state index contributed by atoms with van der Waals surface area (Å²) in [6, 6.07) is 3.13. The van der Waals surface area contributed by atoms with E-state index in [4.69, 9.17) is 10.2 Å². The van der Waals surface area contributed by atoms with Crippen molar-refractivity contribution in [2.45, 2.75) is 45.2 Å². The summed E-state index contributed by atoms with van der Waals surface area (Å²) in [5.41, 5.74) is 1.55. The van der Waals surface area contributed by atoms with Gasteiger partial charge in [0.05, 0.1) is 0 Å². The Morgan fingerprint density at radius 2 is 1.81 bits per heavy atom. The molecule has 144 valence electrons. The molecule has 1 aromatic rings. The third-order valence-electron chi connectivity index (χ3n) is 4.72. The highest BCUT2D eigenvalue weighted by Gasteiger charge is 2.29. The molecule has 0 aromatic carbocycles. The number of carboxylic acids is 2. The van der Waals surface area contributed by atoms with Crippen LogP contribution in [0.4, 0.5) is 0 Å². The molecule has 1 saturated carbocycles. The zero-order valence-electron chi connectivity index (χ0n) is 15.2. The molecule has 3 N–H and O–H groups in total. The van der Waals surface area contributed by atoms with Crippen LogP contribution in [0.2, 0.25) is 0 Å². The zero-order valence-corrected chi connectivity index (χ0v) is 16.0. The molecule has 6 nitrogen and oxygen atoms in total. The highest BCUT2D eigenvalue weighted by molar-refractivity contribution is 7.10. The number of thiophene rings is 1. The van der Waals surface area contributed by atoms with Crippen LogP contribution in [0, 0.1) is 12.8 Å². The Labute approximate surface area is 158 Å². The highest BCUT2D eigenvalue weighted by Crippen LogP contribution is 2.32. The van der Waals surface area contributed by atoms with E-state index >= 15 is 0 Å². The second-order valence-corrected chi connectivity index (χ2v) is 7.99. The quantitative estimate of drug-likeness (QED) is 0.630. The first-order valence-electron chi connectivity index (χ1n) is 9.07. The molecule has 0 radical (unpaired) electrons. The van der Waals surface area contributed by atoms with Crippen molar-refractivity contribution in [2.24, 2.45) is 5.92 Å². The van der Waals surface area contributed by atoms with Crippen LogP contribution in [0.15, 0.2) is 23.6 Å². The van der Waals surface area contributed by atoms with E-state index in [-0.39, 0.29) is 0 Å². The van der Waals surface area contributed by atoms with E-state index in [1.54, 1.807) is 5.56 Å². The molecule has 0 unspecified atom stereocenters. The molecule has 2 aliphatic rings. The van der Waals surface area contributed by atoms with Gasteiger partial charge in [-0.3, -0.25) is 4.90 Å². The van der Waals surface area contributed by atoms with Crippen molar-refractivity contribution >= 4 is 23.3 Å². The molecule has 2 heterocycles. The number of hydrogen-bond donors (Lipinski definition) is 3. The van der Waals surface area contributed by atoms with Crippen LogP contribution in [0.1, 0.15) is 36.1 Å². The topological polar surface area (TPSA) is 89.9 Å². The van der Waals surface area contributed by atoms with Gasteiger partial charge >= 0.3 is 11.9 Å². The van der Waals surface area contributed by atoms with Gasteiger partial charge in [0.2, 0.25) is 0 Å². The predicted octanol–water partition coefficient (Wildman–Crippen LogP) is 2.73. The van der Waals surface area contributed by atoms with E-state index in [1.807, 2.05) is 11.3 Å². The molecular formula is C19H28N2O4S. The van der Waals surface area contributed by atoms with E-state index in [0.717, 1.165) is 12.0 Å². The normalized spacial score (nSPS) is 17.9. The molecule has 0 spiro atoms. The number of carboxylic acid groups (broad SMARTS) is 2. The average molecular weight is 381 g/mol. The van der Waals surface area contributed by atoms with Crippen LogP contribution in [0.3, 0.4) is 0 Å². The fourth-order valence-corrected chi connectivity index (χ4v) is 3.80. The molecule has 26 heavy (non-hydrogen) atoms. The van der Waals surface area contributed by atoms with Crippen LogP contribution in [0.5, 0.6) is 0 Å². The summed E-state index contributed by atoms with van der Waals surface area (Å²) in [6.45, 7) is 7.18. The van der Waals surface area contributed by atoms with Crippen LogP contribution in [-0.2, 0) is 16.1 Å². The van der Waals surface area contributed by atoms with Crippen molar-refractivity contribution in [3.8, 4) is 0 Å². The largest absolute Gasteiger partial charge is 0.478 e.